The maximum absolute atomic E-state index is 15.4. The molecule has 1 aromatic rings. The van der Waals surface area contributed by atoms with Crippen LogP contribution in [0.2, 0.25) is 0 Å². The van der Waals surface area contributed by atoms with Gasteiger partial charge in [-0.2, -0.15) is 0 Å². The zero-order valence-electron chi connectivity index (χ0n) is 61.4. The van der Waals surface area contributed by atoms with Crippen LogP contribution in [0.3, 0.4) is 0 Å². The van der Waals surface area contributed by atoms with E-state index in [0.29, 0.717) is 25.0 Å². The number of carbonyl (C=O) groups excluding carboxylic acids is 11. The van der Waals surface area contributed by atoms with Gasteiger partial charge in [0.15, 0.2) is 17.3 Å². The summed E-state index contributed by atoms with van der Waals surface area (Å²) in [6.07, 6.45) is 1.51. The summed E-state index contributed by atoms with van der Waals surface area (Å²) in [6, 6.07) is -5.77. The Morgan fingerprint density at radius 2 is 0.968 bits per heavy atom. The molecule has 0 bridgehead atoms. The normalized spacial score (nSPS) is 26.5. The molecule has 22 nitrogen and oxygen atoms in total. The monoisotopic (exact) mass is 1310 g/mol. The number of likely N-dealkylation sites (N-methyl/N-ethyl adjacent to an activating group) is 7. The molecule has 1 fully saturated rings. The van der Waals surface area contributed by atoms with Crippen LogP contribution in [0.25, 0.3) is 0 Å². The number of hydrogen-bond acceptors (Lipinski definition) is 14. The van der Waals surface area contributed by atoms with E-state index in [1.807, 2.05) is 75.3 Å². The summed E-state index contributed by atoms with van der Waals surface area (Å²) in [5.41, 5.74) is 0.781. The first-order valence-electron chi connectivity index (χ1n) is 34.0. The van der Waals surface area contributed by atoms with Gasteiger partial charge in [0, 0.05) is 92.0 Å². The van der Waals surface area contributed by atoms with Gasteiger partial charge < -0.3 is 49.5 Å². The molecule has 0 aliphatic carbocycles. The second-order valence-electron chi connectivity index (χ2n) is 29.2. The molecule has 1 saturated heterocycles. The third-order valence-electron chi connectivity index (χ3n) is 18.9. The third kappa shape index (κ3) is 23.0. The lowest BCUT2D eigenvalue weighted by Gasteiger charge is -2.41. The van der Waals surface area contributed by atoms with Crippen molar-refractivity contribution < 1.29 is 62.6 Å². The van der Waals surface area contributed by atoms with Crippen molar-refractivity contribution in [2.24, 2.45) is 59.2 Å². The number of hydrogen-bond donors (Lipinski definition) is 2. The molecule has 1 aromatic heterocycles. The molecule has 13 atom stereocenters. The van der Waals surface area contributed by atoms with E-state index in [9.17, 15) is 38.7 Å². The highest BCUT2D eigenvalue weighted by atomic mass is 16.5. The Hall–Kier alpha value is -6.32. The van der Waals surface area contributed by atoms with Crippen LogP contribution < -0.4 is 10.1 Å². The fourth-order valence-electron chi connectivity index (χ4n) is 12.7. The molecule has 0 saturated carbocycles. The van der Waals surface area contributed by atoms with E-state index >= 15 is 19.2 Å². The van der Waals surface area contributed by atoms with Gasteiger partial charge in [-0.25, -0.2) is 0 Å². The molecule has 0 aromatic carbocycles. The third-order valence-corrected chi connectivity index (χ3v) is 18.9. The summed E-state index contributed by atoms with van der Waals surface area (Å²) in [7, 11) is 11.8. The zero-order chi connectivity index (χ0) is 71.5. The second-order valence-corrected chi connectivity index (χ2v) is 29.2. The Morgan fingerprint density at radius 1 is 0.516 bits per heavy atom. The van der Waals surface area contributed by atoms with Crippen LogP contribution in [0.4, 0.5) is 0 Å². The lowest BCUT2D eigenvalue weighted by atomic mass is 9.84. The molecule has 0 spiro atoms. The van der Waals surface area contributed by atoms with Crippen molar-refractivity contribution in [2.45, 2.75) is 243 Å². The lowest BCUT2D eigenvalue weighted by Crippen LogP contribution is -2.61. The van der Waals surface area contributed by atoms with Crippen molar-refractivity contribution in [1.82, 2.24) is 44.6 Å². The second kappa shape index (κ2) is 37.7. The number of ether oxygens (including phenoxy) is 1. The lowest BCUT2D eigenvalue weighted by molar-refractivity contribution is -0.157. The highest BCUT2D eigenvalue weighted by molar-refractivity contribution is 6.00. The standard InChI is InChI=1S/C71H121N9O13/c1-26-50-37-60(83)62(63(84)46(14)28-27-29-51-30-31-52(93-25)39-72-51)80(24)71(92)61(45(12)13)79(23)70(91)57(35-43(8)9)78(22)69(90)56(34-42(6)7)77(21)65(86)48(16)73-64(85)47(15)36-58(81)54(32-40(2)3)76(20)68(89)53(44(10)11)38-59(82)55(33-41(4)5)75(19)66(87)49(17)74(18)67(50)88/h30-31,39-50,53-57,61-63,84H,26-29,32-38H2,1-25H3,(H,73,85)/t46-,47+,48+,49-,50+,53-,54-,55+,56-,57-,61-,62+,63-/m1/s1. The molecule has 528 valence electrons. The Balaban J connectivity index is 3.01. The van der Waals surface area contributed by atoms with Crippen LogP contribution in [0.1, 0.15) is 188 Å². The zero-order valence-corrected chi connectivity index (χ0v) is 61.4. The van der Waals surface area contributed by atoms with Gasteiger partial charge in [-0.1, -0.05) is 104 Å². The minimum absolute atomic E-state index is 0.0747. The molecule has 2 rings (SSSR count). The number of amides is 8. The minimum Gasteiger partial charge on any atom is -0.495 e. The summed E-state index contributed by atoms with van der Waals surface area (Å²) in [4.78, 5) is 177. The SMILES string of the molecule is CC[C@H]1CC(=O)[C@@H]([C@H](O)[C@H](C)CCCc2ccc(OC)cn2)N(C)C(=O)[C@@H](C(C)C)N(C)C(=O)[C@@H](CC(C)C)N(C)C(=O)[C@@H](CC(C)C)N(C)C(=O)[C@H](C)NC(=O)[C@@H](C)CC(=O)[C@@H](CC(C)C)N(C)C(=O)[C@@H](C(C)C)CC(=O)[C@H](CC(C)C)N(C)C(=O)[C@@H](C)N(C)C1=O. The number of Topliss-reactive ketones (excluding diaryl/α,β-unsaturated/α-hetero) is 3. The topological polar surface area (TPSA) is 265 Å². The molecule has 0 unspecified atom stereocenters. The van der Waals surface area contributed by atoms with Crippen LogP contribution in [-0.2, 0) is 59.2 Å². The van der Waals surface area contributed by atoms with Crippen LogP contribution in [-0.4, -0.2) is 220 Å². The first-order chi connectivity index (χ1) is 43.1. The number of rotatable bonds is 18. The Labute approximate surface area is 557 Å². The van der Waals surface area contributed by atoms with E-state index < -0.39 is 161 Å². The van der Waals surface area contributed by atoms with E-state index in [1.165, 1.54) is 97.5 Å². The molecule has 8 amide bonds. The van der Waals surface area contributed by atoms with E-state index in [4.69, 9.17) is 4.74 Å². The molecule has 93 heavy (non-hydrogen) atoms. The smallest absolute Gasteiger partial charge is 0.246 e. The molecule has 0 radical (unpaired) electrons. The quantitative estimate of drug-likeness (QED) is 0.145. The maximum Gasteiger partial charge on any atom is 0.246 e. The largest absolute Gasteiger partial charge is 0.495 e. The van der Waals surface area contributed by atoms with Crippen LogP contribution in [0.5, 0.6) is 5.75 Å². The number of pyridine rings is 1. The van der Waals surface area contributed by atoms with Crippen LogP contribution >= 0.6 is 0 Å². The molecule has 1 aliphatic rings. The van der Waals surface area contributed by atoms with Crippen LogP contribution in [0, 0.1) is 59.2 Å². The van der Waals surface area contributed by atoms with Crippen molar-refractivity contribution in [3.05, 3.63) is 24.0 Å². The van der Waals surface area contributed by atoms with E-state index in [2.05, 4.69) is 10.3 Å². The van der Waals surface area contributed by atoms with Crippen molar-refractivity contribution in [3.8, 4) is 5.75 Å². The average molecular weight is 1310 g/mol. The Kier molecular flexibility index (Phi) is 33.5. The number of aliphatic hydroxyl groups excluding tert-OH is 1. The average Bonchev–Trinajstić information content (AvgIpc) is 0.849. The Morgan fingerprint density at radius 3 is 1.42 bits per heavy atom. The molecule has 2 heterocycles. The van der Waals surface area contributed by atoms with Crippen molar-refractivity contribution in [1.29, 1.82) is 0 Å². The molecular formula is C71H121N9O13. The summed E-state index contributed by atoms with van der Waals surface area (Å²) in [6.45, 7) is 30.4. The summed E-state index contributed by atoms with van der Waals surface area (Å²) >= 11 is 0. The fraction of sp³-hybridized carbons (Fsp3) is 0.775. The molecule has 1 aliphatic heterocycles. The predicted octanol–water partition coefficient (Wildman–Crippen LogP) is 7.39. The number of aliphatic hydroxyl groups is 1. The minimum atomic E-state index is -1.53. The number of ketones is 3. The van der Waals surface area contributed by atoms with Crippen LogP contribution in [0.15, 0.2) is 18.3 Å². The number of carbonyl (C=O) groups is 11. The first-order valence-corrected chi connectivity index (χ1v) is 34.0. The van der Waals surface area contributed by atoms with E-state index in [1.54, 1.807) is 54.0 Å². The summed E-state index contributed by atoms with van der Waals surface area (Å²) < 4.78 is 5.27. The Bertz CT molecular complexity index is 2680. The highest BCUT2D eigenvalue weighted by Gasteiger charge is 2.46. The number of methoxy groups -OCH3 is 1. The number of nitrogens with one attached hydrogen (secondary N) is 1. The summed E-state index contributed by atoms with van der Waals surface area (Å²) in [5.74, 6) is -10.5. The van der Waals surface area contributed by atoms with Gasteiger partial charge in [-0.05, 0) is 119 Å². The van der Waals surface area contributed by atoms with Crippen molar-refractivity contribution in [2.75, 3.05) is 56.4 Å². The van der Waals surface area contributed by atoms with Crippen molar-refractivity contribution >= 4 is 64.6 Å². The predicted molar refractivity (Wildman–Crippen MR) is 361 cm³/mol. The fourth-order valence-corrected chi connectivity index (χ4v) is 12.7. The number of aromatic nitrogens is 1. The number of nitrogens with zero attached hydrogens (tertiary/aromatic N) is 8. The molecule has 22 heteroatoms. The van der Waals surface area contributed by atoms with Gasteiger partial charge in [0.25, 0.3) is 0 Å². The van der Waals surface area contributed by atoms with Gasteiger partial charge in [0.05, 0.1) is 31.5 Å². The van der Waals surface area contributed by atoms with Gasteiger partial charge in [-0.15, -0.1) is 0 Å². The number of aryl methyl sites for hydroxylation is 1. The van der Waals surface area contributed by atoms with Gasteiger partial charge in [-0.3, -0.25) is 57.7 Å². The van der Waals surface area contributed by atoms with E-state index in [0.717, 1.165) is 5.69 Å². The van der Waals surface area contributed by atoms with Crippen molar-refractivity contribution in [3.63, 3.8) is 0 Å². The maximum atomic E-state index is 15.4. The van der Waals surface area contributed by atoms with Gasteiger partial charge >= 0.3 is 0 Å². The van der Waals surface area contributed by atoms with Gasteiger partial charge in [0.1, 0.15) is 42.0 Å². The first kappa shape index (κ1) is 82.8. The summed E-state index contributed by atoms with van der Waals surface area (Å²) in [5, 5.41) is 15.3. The highest BCUT2D eigenvalue weighted by Crippen LogP contribution is 2.30. The molecule has 2 N–H and O–H groups in total. The van der Waals surface area contributed by atoms with Gasteiger partial charge in [0.2, 0.25) is 47.3 Å². The molecular weight excluding hydrogens is 1190 g/mol. The van der Waals surface area contributed by atoms with E-state index in [-0.39, 0.29) is 68.6 Å².